The van der Waals surface area contributed by atoms with Crippen LogP contribution in [0, 0.1) is 0 Å². The molecule has 1 atom stereocenters. The van der Waals surface area contributed by atoms with Crippen LogP contribution in [0.4, 0.5) is 0 Å². The number of carbonyl (C=O) groups excluding carboxylic acids is 3. The second kappa shape index (κ2) is 11.4. The Morgan fingerprint density at radius 2 is 1.62 bits per heavy atom. The number of aliphatic hydroxyl groups excluding tert-OH is 1. The molecule has 0 aromatic heterocycles. The molecule has 0 aromatic carbocycles. The highest BCUT2D eigenvalue weighted by Crippen LogP contribution is 2.26. The van der Waals surface area contributed by atoms with Crippen molar-refractivity contribution in [2.24, 2.45) is 0 Å². The lowest BCUT2D eigenvalue weighted by atomic mass is 10.0. The first kappa shape index (κ1) is 22.7. The van der Waals surface area contributed by atoms with Crippen molar-refractivity contribution in [3.63, 3.8) is 0 Å². The van der Waals surface area contributed by atoms with Gasteiger partial charge in [-0.1, -0.05) is 19.3 Å². The molecule has 5 N–H and O–H groups in total. The fraction of sp³-hybridized carbons (Fsp3) is 0.800. The molecular formula is C15H28N3O7P. The number of aliphatic hydroxyl groups is 1. The first-order valence-corrected chi connectivity index (χ1v) is 10.4. The van der Waals surface area contributed by atoms with E-state index in [2.05, 4.69) is 0 Å². The van der Waals surface area contributed by atoms with E-state index in [0.29, 0.717) is 32.1 Å². The molecule has 11 heteroatoms. The van der Waals surface area contributed by atoms with Crippen LogP contribution in [0.25, 0.3) is 0 Å². The van der Waals surface area contributed by atoms with Gasteiger partial charge >= 0.3 is 7.75 Å². The molecule has 26 heavy (non-hydrogen) atoms. The van der Waals surface area contributed by atoms with E-state index in [1.54, 1.807) is 5.20 Å². The maximum atomic E-state index is 12.0. The van der Waals surface area contributed by atoms with Gasteiger partial charge in [-0.25, -0.2) is 4.57 Å². The summed E-state index contributed by atoms with van der Waals surface area (Å²) >= 11 is 0. The Hall–Kier alpha value is -1.32. The lowest BCUT2D eigenvalue weighted by Crippen LogP contribution is -2.39. The summed E-state index contributed by atoms with van der Waals surface area (Å²) in [6.07, 6.45) is 5.18. The number of nitrogens with zero attached hydrogens (tertiary/aromatic N) is 1. The Morgan fingerprint density at radius 1 is 1.04 bits per heavy atom. The summed E-state index contributed by atoms with van der Waals surface area (Å²) in [6, 6.07) is -0.201. The molecule has 1 saturated heterocycles. The van der Waals surface area contributed by atoms with Crippen molar-refractivity contribution in [1.29, 1.82) is 0 Å². The molecule has 0 spiro atoms. The number of likely N-dealkylation sites (tertiary alicyclic amines) is 1. The summed E-state index contributed by atoms with van der Waals surface area (Å²) in [7, 11) is -4.50. The molecule has 1 unspecified atom stereocenters. The molecule has 0 aromatic rings. The van der Waals surface area contributed by atoms with Crippen molar-refractivity contribution in [1.82, 2.24) is 15.5 Å². The standard InChI is InChI=1S/C15H28N3O7P/c19-11-5-1-2-6-12(18-14(21)9-10-15(18)22)7-3-4-8-13(20)16-17-26(23,24)25/h12,19H,1-11H2,(H,16,20)(H3,17,23,24,25). The number of carbonyl (C=O) groups is 3. The monoisotopic (exact) mass is 393 g/mol. The number of imide groups is 1. The smallest absolute Gasteiger partial charge is 0.396 e. The average molecular weight is 393 g/mol. The SMILES string of the molecule is O=C(CCCCC(CCCCCO)N1C(=O)CCC1=O)NNP(=O)(O)O. The average Bonchev–Trinajstić information content (AvgIpc) is 2.90. The van der Waals surface area contributed by atoms with Crippen molar-refractivity contribution < 1.29 is 33.8 Å². The van der Waals surface area contributed by atoms with E-state index < -0.39 is 13.7 Å². The Labute approximate surface area is 152 Å². The van der Waals surface area contributed by atoms with Gasteiger partial charge in [-0.15, -0.1) is 5.20 Å². The minimum absolute atomic E-state index is 0.0755. The zero-order valence-electron chi connectivity index (χ0n) is 14.7. The van der Waals surface area contributed by atoms with E-state index in [-0.39, 0.29) is 43.7 Å². The summed E-state index contributed by atoms with van der Waals surface area (Å²) < 4.78 is 10.6. The summed E-state index contributed by atoms with van der Waals surface area (Å²) in [6.45, 7) is 0.115. The van der Waals surface area contributed by atoms with Gasteiger partial charge in [0.1, 0.15) is 0 Å². The van der Waals surface area contributed by atoms with E-state index in [9.17, 15) is 18.9 Å². The minimum atomic E-state index is -4.50. The molecular weight excluding hydrogens is 365 g/mol. The summed E-state index contributed by atoms with van der Waals surface area (Å²) in [4.78, 5) is 53.9. The predicted octanol–water partition coefficient (Wildman–Crippen LogP) is 0.331. The molecule has 1 rings (SSSR count). The summed E-state index contributed by atoms with van der Waals surface area (Å²) in [5.74, 6) is -0.863. The third-order valence-corrected chi connectivity index (χ3v) is 4.59. The van der Waals surface area contributed by atoms with Crippen LogP contribution >= 0.6 is 7.75 Å². The molecule has 0 bridgehead atoms. The Kier molecular flexibility index (Phi) is 9.97. The molecule has 0 saturated carbocycles. The summed E-state index contributed by atoms with van der Waals surface area (Å²) in [5.41, 5.74) is 1.93. The third-order valence-electron chi connectivity index (χ3n) is 4.18. The maximum Gasteiger partial charge on any atom is 0.418 e. The fourth-order valence-corrected chi connectivity index (χ4v) is 3.21. The highest BCUT2D eigenvalue weighted by atomic mass is 31.2. The zero-order valence-corrected chi connectivity index (χ0v) is 15.6. The van der Waals surface area contributed by atoms with Crippen LogP contribution in [0.1, 0.15) is 64.2 Å². The van der Waals surface area contributed by atoms with Gasteiger partial charge in [-0.3, -0.25) is 24.7 Å². The highest BCUT2D eigenvalue weighted by Gasteiger charge is 2.34. The van der Waals surface area contributed by atoms with E-state index >= 15 is 0 Å². The largest absolute Gasteiger partial charge is 0.418 e. The van der Waals surface area contributed by atoms with Gasteiger partial charge in [0.25, 0.3) is 0 Å². The minimum Gasteiger partial charge on any atom is -0.396 e. The van der Waals surface area contributed by atoms with Crippen molar-refractivity contribution in [2.45, 2.75) is 70.3 Å². The number of rotatable bonds is 13. The number of amides is 3. The quantitative estimate of drug-likeness (QED) is 0.130. The van der Waals surface area contributed by atoms with Crippen LogP contribution in [0.5, 0.6) is 0 Å². The van der Waals surface area contributed by atoms with Crippen LogP contribution in [0.2, 0.25) is 0 Å². The molecule has 0 radical (unpaired) electrons. The van der Waals surface area contributed by atoms with Gasteiger partial charge in [0.2, 0.25) is 17.7 Å². The number of unbranched alkanes of at least 4 members (excludes halogenated alkanes) is 3. The van der Waals surface area contributed by atoms with E-state index in [0.717, 1.165) is 12.8 Å². The molecule has 1 aliphatic heterocycles. The first-order valence-electron chi connectivity index (χ1n) is 8.82. The van der Waals surface area contributed by atoms with Crippen LogP contribution < -0.4 is 10.6 Å². The van der Waals surface area contributed by atoms with Gasteiger partial charge in [0, 0.05) is 31.9 Å². The van der Waals surface area contributed by atoms with Gasteiger partial charge in [0.15, 0.2) is 0 Å². The van der Waals surface area contributed by atoms with Gasteiger partial charge in [-0.2, -0.15) is 0 Å². The summed E-state index contributed by atoms with van der Waals surface area (Å²) in [5, 5.41) is 10.5. The Balaban J connectivity index is 2.40. The second-order valence-corrected chi connectivity index (χ2v) is 7.65. The topological polar surface area (TPSA) is 156 Å². The van der Waals surface area contributed by atoms with Crippen LogP contribution in [0.15, 0.2) is 0 Å². The van der Waals surface area contributed by atoms with Crippen molar-refractivity contribution in [3.8, 4) is 0 Å². The molecule has 1 aliphatic rings. The number of hydrogen-bond acceptors (Lipinski definition) is 5. The third kappa shape index (κ3) is 8.86. The highest BCUT2D eigenvalue weighted by molar-refractivity contribution is 7.49. The van der Waals surface area contributed by atoms with Crippen LogP contribution in [-0.2, 0) is 18.9 Å². The van der Waals surface area contributed by atoms with Crippen molar-refractivity contribution in [2.75, 3.05) is 6.61 Å². The molecule has 3 amide bonds. The van der Waals surface area contributed by atoms with Crippen LogP contribution in [0.3, 0.4) is 0 Å². The lowest BCUT2D eigenvalue weighted by molar-refractivity contribution is -0.141. The second-order valence-electron chi connectivity index (χ2n) is 6.33. The van der Waals surface area contributed by atoms with E-state index in [1.165, 1.54) is 4.90 Å². The van der Waals surface area contributed by atoms with Crippen molar-refractivity contribution >= 4 is 25.5 Å². The lowest BCUT2D eigenvalue weighted by Gasteiger charge is -2.26. The van der Waals surface area contributed by atoms with Gasteiger partial charge in [-0.05, 0) is 25.7 Å². The maximum absolute atomic E-state index is 12.0. The molecule has 1 fully saturated rings. The van der Waals surface area contributed by atoms with E-state index in [4.69, 9.17) is 14.9 Å². The van der Waals surface area contributed by atoms with Gasteiger partial charge < -0.3 is 14.9 Å². The van der Waals surface area contributed by atoms with E-state index in [1.807, 2.05) is 5.43 Å². The number of nitrogens with one attached hydrogen (secondary N) is 2. The fourth-order valence-electron chi connectivity index (χ4n) is 2.94. The zero-order chi connectivity index (χ0) is 19.6. The molecule has 10 nitrogen and oxygen atoms in total. The molecule has 150 valence electrons. The number of hydrogen-bond donors (Lipinski definition) is 5. The normalized spacial score (nSPS) is 16.2. The molecule has 1 heterocycles. The Bertz CT molecular complexity index is 521. The van der Waals surface area contributed by atoms with Gasteiger partial charge in [0.05, 0.1) is 0 Å². The van der Waals surface area contributed by atoms with Crippen molar-refractivity contribution in [3.05, 3.63) is 0 Å². The first-order chi connectivity index (χ1) is 12.2. The Morgan fingerprint density at radius 3 is 2.15 bits per heavy atom. The van der Waals surface area contributed by atoms with Crippen LogP contribution in [-0.4, -0.2) is 50.2 Å². The molecule has 0 aliphatic carbocycles. The number of hydrazine groups is 1. The predicted molar refractivity (Wildman–Crippen MR) is 92.2 cm³/mol.